The van der Waals surface area contributed by atoms with Gasteiger partial charge >= 0.3 is 0 Å². The zero-order valence-electron chi connectivity index (χ0n) is 11.8. The van der Waals surface area contributed by atoms with Gasteiger partial charge in [-0.15, -0.1) is 0 Å². The lowest BCUT2D eigenvalue weighted by Crippen LogP contribution is -2.10. The van der Waals surface area contributed by atoms with Crippen LogP contribution in [0.1, 0.15) is 11.3 Å². The number of ether oxygens (including phenoxy) is 1. The topological polar surface area (TPSA) is 55.2 Å². The number of fused-ring (bicyclic) bond motifs is 1. The number of aromatic nitrogens is 3. The van der Waals surface area contributed by atoms with Gasteiger partial charge in [-0.3, -0.25) is 0 Å². The second-order valence-corrected chi connectivity index (χ2v) is 5.35. The Morgan fingerprint density at radius 2 is 2.29 bits per heavy atom. The molecule has 5 heteroatoms. The maximum absolute atomic E-state index is 5.82. The average Bonchev–Trinajstić information content (AvgIpc) is 3.21. The molecule has 1 aliphatic heterocycles. The van der Waals surface area contributed by atoms with Crippen LogP contribution in [0.4, 0.5) is 0 Å². The fourth-order valence-electron chi connectivity index (χ4n) is 2.83. The molecule has 0 saturated carbocycles. The van der Waals surface area contributed by atoms with Gasteiger partial charge in [0.15, 0.2) is 0 Å². The van der Waals surface area contributed by atoms with Crippen LogP contribution in [0.15, 0.2) is 48.0 Å². The number of nitrogens with zero attached hydrogens (tertiary/aromatic N) is 3. The van der Waals surface area contributed by atoms with Gasteiger partial charge in [-0.2, -0.15) is 0 Å². The first-order valence-corrected chi connectivity index (χ1v) is 7.03. The van der Waals surface area contributed by atoms with Gasteiger partial charge in [-0.25, -0.2) is 9.98 Å². The summed E-state index contributed by atoms with van der Waals surface area (Å²) in [5.74, 6) is 0.747. The zero-order valence-corrected chi connectivity index (χ0v) is 11.8. The van der Waals surface area contributed by atoms with Crippen molar-refractivity contribution in [2.24, 2.45) is 12.0 Å². The Balaban J connectivity index is 1.66. The molecule has 0 radical (unpaired) electrons. The summed E-state index contributed by atoms with van der Waals surface area (Å²) in [5.41, 5.74) is 3.35. The van der Waals surface area contributed by atoms with E-state index in [2.05, 4.69) is 32.9 Å². The molecule has 0 bridgehead atoms. The predicted molar refractivity (Wildman–Crippen MR) is 81.5 cm³/mol. The second kappa shape index (κ2) is 4.77. The van der Waals surface area contributed by atoms with E-state index in [-0.39, 0.29) is 6.04 Å². The van der Waals surface area contributed by atoms with E-state index in [4.69, 9.17) is 9.73 Å². The van der Waals surface area contributed by atoms with Crippen LogP contribution in [0.2, 0.25) is 0 Å². The van der Waals surface area contributed by atoms with Crippen molar-refractivity contribution in [1.82, 2.24) is 14.5 Å². The van der Waals surface area contributed by atoms with Crippen molar-refractivity contribution in [3.63, 3.8) is 0 Å². The maximum atomic E-state index is 5.82. The van der Waals surface area contributed by atoms with Crippen molar-refractivity contribution < 1.29 is 4.74 Å². The van der Waals surface area contributed by atoms with Crippen molar-refractivity contribution in [3.05, 3.63) is 54.2 Å². The molecule has 1 atom stereocenters. The normalized spacial score (nSPS) is 18.0. The third kappa shape index (κ3) is 2.11. The molecule has 1 aliphatic rings. The number of H-pyrrole nitrogens is 1. The van der Waals surface area contributed by atoms with E-state index in [1.807, 2.05) is 25.4 Å². The van der Waals surface area contributed by atoms with E-state index in [1.54, 1.807) is 6.33 Å². The van der Waals surface area contributed by atoms with Gasteiger partial charge in [0.25, 0.3) is 0 Å². The Hall–Kier alpha value is -2.56. The standard InChI is InChI=1S/C16H16N4O/c1-20-8-14(13-4-2-3-5-15(13)20)16-19-12(9-21-16)6-11-7-17-10-18-11/h2-5,7-8,10,12H,6,9H2,1H3,(H,17,18)/t12-/m1/s1. The van der Waals surface area contributed by atoms with E-state index >= 15 is 0 Å². The van der Waals surface area contributed by atoms with E-state index < -0.39 is 0 Å². The first-order valence-electron chi connectivity index (χ1n) is 7.03. The molecule has 0 aliphatic carbocycles. The highest BCUT2D eigenvalue weighted by Gasteiger charge is 2.23. The van der Waals surface area contributed by atoms with E-state index in [1.165, 1.54) is 10.9 Å². The van der Waals surface area contributed by atoms with Gasteiger partial charge in [0, 0.05) is 42.5 Å². The fraction of sp³-hybridized carbons (Fsp3) is 0.250. The van der Waals surface area contributed by atoms with Crippen LogP contribution in [0.5, 0.6) is 0 Å². The number of aromatic amines is 1. The van der Waals surface area contributed by atoms with Crippen LogP contribution >= 0.6 is 0 Å². The second-order valence-electron chi connectivity index (χ2n) is 5.35. The van der Waals surface area contributed by atoms with Crippen LogP contribution in [-0.2, 0) is 18.2 Å². The summed E-state index contributed by atoms with van der Waals surface area (Å²) in [4.78, 5) is 11.9. The summed E-state index contributed by atoms with van der Waals surface area (Å²) in [5, 5.41) is 1.18. The van der Waals surface area contributed by atoms with Crippen molar-refractivity contribution in [2.75, 3.05) is 6.61 Å². The Morgan fingerprint density at radius 3 is 3.14 bits per heavy atom. The van der Waals surface area contributed by atoms with Crippen LogP contribution in [-0.4, -0.2) is 33.1 Å². The number of rotatable bonds is 3. The monoisotopic (exact) mass is 280 g/mol. The molecule has 3 aromatic rings. The number of imidazole rings is 1. The molecule has 21 heavy (non-hydrogen) atoms. The number of benzene rings is 1. The lowest BCUT2D eigenvalue weighted by Gasteiger charge is -2.01. The fourth-order valence-corrected chi connectivity index (χ4v) is 2.83. The van der Waals surface area contributed by atoms with Crippen molar-refractivity contribution in [3.8, 4) is 0 Å². The minimum Gasteiger partial charge on any atom is -0.475 e. The lowest BCUT2D eigenvalue weighted by atomic mass is 10.2. The maximum Gasteiger partial charge on any atom is 0.218 e. The van der Waals surface area contributed by atoms with Gasteiger partial charge in [0.2, 0.25) is 5.90 Å². The molecule has 0 amide bonds. The number of hydrogen-bond acceptors (Lipinski definition) is 3. The molecule has 4 rings (SSSR count). The molecule has 1 N–H and O–H groups in total. The Morgan fingerprint density at radius 1 is 1.38 bits per heavy atom. The molecule has 1 aromatic carbocycles. The van der Waals surface area contributed by atoms with E-state index in [9.17, 15) is 0 Å². The third-order valence-corrected chi connectivity index (χ3v) is 3.85. The molecular formula is C16H16N4O. The smallest absolute Gasteiger partial charge is 0.218 e. The summed E-state index contributed by atoms with van der Waals surface area (Å²) in [7, 11) is 2.05. The Bertz CT molecular complexity index is 801. The quantitative estimate of drug-likeness (QED) is 0.800. The van der Waals surface area contributed by atoms with E-state index in [0.29, 0.717) is 6.61 Å². The van der Waals surface area contributed by atoms with Crippen LogP contribution in [0, 0.1) is 0 Å². The highest BCUT2D eigenvalue weighted by Crippen LogP contribution is 2.24. The highest BCUT2D eigenvalue weighted by molar-refractivity contribution is 6.07. The Labute approximate surface area is 122 Å². The van der Waals surface area contributed by atoms with Crippen LogP contribution in [0.25, 0.3) is 10.9 Å². The summed E-state index contributed by atoms with van der Waals surface area (Å²) in [6.07, 6.45) is 6.45. The van der Waals surface area contributed by atoms with E-state index in [0.717, 1.165) is 23.6 Å². The first-order chi connectivity index (χ1) is 10.3. The number of para-hydroxylation sites is 1. The molecular weight excluding hydrogens is 264 g/mol. The van der Waals surface area contributed by atoms with Gasteiger partial charge in [-0.05, 0) is 6.07 Å². The summed E-state index contributed by atoms with van der Waals surface area (Å²) < 4.78 is 7.93. The number of aryl methyl sites for hydroxylation is 1. The summed E-state index contributed by atoms with van der Waals surface area (Å²) >= 11 is 0. The highest BCUT2D eigenvalue weighted by atomic mass is 16.5. The van der Waals surface area contributed by atoms with Gasteiger partial charge in [-0.1, -0.05) is 18.2 Å². The van der Waals surface area contributed by atoms with Gasteiger partial charge < -0.3 is 14.3 Å². The van der Waals surface area contributed by atoms with Crippen molar-refractivity contribution in [2.45, 2.75) is 12.5 Å². The average molecular weight is 280 g/mol. The minimum atomic E-state index is 0.152. The molecule has 0 fully saturated rings. The van der Waals surface area contributed by atoms with Crippen molar-refractivity contribution >= 4 is 16.8 Å². The molecule has 0 saturated heterocycles. The van der Waals surface area contributed by atoms with Crippen LogP contribution < -0.4 is 0 Å². The summed E-state index contributed by atoms with van der Waals surface area (Å²) in [6.45, 7) is 0.623. The first kappa shape index (κ1) is 12.2. The molecule has 0 unspecified atom stereocenters. The zero-order chi connectivity index (χ0) is 14.2. The Kier molecular flexibility index (Phi) is 2.77. The van der Waals surface area contributed by atoms with Crippen molar-refractivity contribution in [1.29, 1.82) is 0 Å². The SMILES string of the molecule is Cn1cc(C2=N[C@H](Cc3cnc[nH]3)CO2)c2ccccc21. The lowest BCUT2D eigenvalue weighted by molar-refractivity contribution is 0.316. The molecule has 106 valence electrons. The number of hydrogen-bond donors (Lipinski definition) is 1. The van der Waals surface area contributed by atoms with Gasteiger partial charge in [0.05, 0.1) is 17.9 Å². The predicted octanol–water partition coefficient (Wildman–Crippen LogP) is 2.29. The third-order valence-electron chi connectivity index (χ3n) is 3.85. The molecule has 3 heterocycles. The minimum absolute atomic E-state index is 0.152. The molecule has 0 spiro atoms. The molecule has 2 aromatic heterocycles. The summed E-state index contributed by atoms with van der Waals surface area (Å²) in [6, 6.07) is 8.46. The molecule has 5 nitrogen and oxygen atoms in total. The number of nitrogens with one attached hydrogen (secondary N) is 1. The van der Waals surface area contributed by atoms with Gasteiger partial charge in [0.1, 0.15) is 6.61 Å². The van der Waals surface area contributed by atoms with Crippen LogP contribution in [0.3, 0.4) is 0 Å². The number of aliphatic imine (C=N–C) groups is 1. The largest absolute Gasteiger partial charge is 0.475 e.